The number of sulfonamides is 1. The van der Waals surface area contributed by atoms with Gasteiger partial charge in [0.05, 0.1) is 16.2 Å². The van der Waals surface area contributed by atoms with Gasteiger partial charge in [-0.2, -0.15) is 9.57 Å². The summed E-state index contributed by atoms with van der Waals surface area (Å²) in [4.78, 5) is 28.4. The first-order chi connectivity index (χ1) is 14.6. The fourth-order valence-electron chi connectivity index (χ4n) is 2.91. The maximum Gasteiger partial charge on any atom is 0.243 e. The number of amides is 1. The highest BCUT2D eigenvalue weighted by molar-refractivity contribution is 8.00. The van der Waals surface area contributed by atoms with Gasteiger partial charge >= 0.3 is 0 Å². The molecule has 1 aromatic heterocycles. The molecule has 1 heterocycles. The van der Waals surface area contributed by atoms with Gasteiger partial charge in [0, 0.05) is 30.0 Å². The Kier molecular flexibility index (Phi) is 8.33. The van der Waals surface area contributed by atoms with Crippen LogP contribution < -0.4 is 5.32 Å². The van der Waals surface area contributed by atoms with E-state index in [1.54, 1.807) is 32.9 Å². The minimum absolute atomic E-state index is 0.0342. The second-order valence-corrected chi connectivity index (χ2v) is 9.50. The van der Waals surface area contributed by atoms with Gasteiger partial charge in [-0.05, 0) is 38.1 Å². The van der Waals surface area contributed by atoms with Crippen LogP contribution in [0.25, 0.3) is 0 Å². The van der Waals surface area contributed by atoms with Gasteiger partial charge in [-0.25, -0.2) is 13.4 Å². The van der Waals surface area contributed by atoms with E-state index in [2.05, 4.69) is 10.3 Å². The summed E-state index contributed by atoms with van der Waals surface area (Å²) in [5, 5.41) is 12.4. The van der Waals surface area contributed by atoms with E-state index in [1.807, 2.05) is 6.07 Å². The lowest BCUT2D eigenvalue weighted by molar-refractivity contribution is -0.113. The van der Waals surface area contributed by atoms with Crippen molar-refractivity contribution in [1.29, 1.82) is 5.26 Å². The predicted octanol–water partition coefficient (Wildman–Crippen LogP) is 3.23. The molecule has 0 fully saturated rings. The number of nitriles is 1. The molecular weight excluding hydrogens is 436 g/mol. The van der Waals surface area contributed by atoms with E-state index in [-0.39, 0.29) is 27.9 Å². The van der Waals surface area contributed by atoms with Crippen LogP contribution in [-0.4, -0.2) is 48.2 Å². The Morgan fingerprint density at radius 2 is 1.90 bits per heavy atom. The summed E-state index contributed by atoms with van der Waals surface area (Å²) in [6.07, 6.45) is 0. The van der Waals surface area contributed by atoms with E-state index in [9.17, 15) is 23.3 Å². The lowest BCUT2D eigenvalue weighted by Crippen LogP contribution is -2.30. The van der Waals surface area contributed by atoms with E-state index >= 15 is 0 Å². The molecule has 164 valence electrons. The maximum absolute atomic E-state index is 12.7. The fraction of sp³-hybridized carbons (Fsp3) is 0.333. The topological polar surface area (TPSA) is 120 Å². The zero-order valence-corrected chi connectivity index (χ0v) is 19.4. The molecule has 1 N–H and O–H groups in total. The molecule has 8 nitrogen and oxygen atoms in total. The van der Waals surface area contributed by atoms with Crippen LogP contribution in [0.1, 0.15) is 42.4 Å². The quantitative estimate of drug-likeness (QED) is 0.450. The molecule has 0 saturated carbocycles. The molecule has 0 atom stereocenters. The molecule has 0 aliphatic carbocycles. The number of nitrogens with one attached hydrogen (secondary N) is 1. The minimum atomic E-state index is -3.64. The SMILES string of the molecule is CCN(CC)S(=O)(=O)c1cccc(NC(=O)CSc2nc(C)c(C(C)=O)cc2C#N)c1. The van der Waals surface area contributed by atoms with Gasteiger partial charge < -0.3 is 5.32 Å². The van der Waals surface area contributed by atoms with Crippen LogP contribution in [0, 0.1) is 18.3 Å². The van der Waals surface area contributed by atoms with Crippen LogP contribution >= 0.6 is 11.8 Å². The fourth-order valence-corrected chi connectivity index (χ4v) is 5.21. The van der Waals surface area contributed by atoms with Gasteiger partial charge in [-0.15, -0.1) is 0 Å². The summed E-state index contributed by atoms with van der Waals surface area (Å²) in [6, 6.07) is 9.55. The molecule has 31 heavy (non-hydrogen) atoms. The molecule has 1 amide bonds. The first-order valence-electron chi connectivity index (χ1n) is 9.59. The van der Waals surface area contributed by atoms with Crippen molar-refractivity contribution in [3.63, 3.8) is 0 Å². The van der Waals surface area contributed by atoms with Crippen LogP contribution in [-0.2, 0) is 14.8 Å². The number of rotatable bonds is 9. The van der Waals surface area contributed by atoms with Crippen LogP contribution in [0.15, 0.2) is 40.3 Å². The number of benzene rings is 1. The van der Waals surface area contributed by atoms with E-state index in [4.69, 9.17) is 0 Å². The van der Waals surface area contributed by atoms with Gasteiger partial charge in [0.15, 0.2) is 5.78 Å². The van der Waals surface area contributed by atoms with Gasteiger partial charge in [0.1, 0.15) is 11.1 Å². The molecule has 2 rings (SSSR count). The first kappa shape index (κ1) is 24.5. The molecule has 0 aliphatic rings. The maximum atomic E-state index is 12.7. The smallest absolute Gasteiger partial charge is 0.243 e. The zero-order chi connectivity index (χ0) is 23.2. The van der Waals surface area contributed by atoms with Crippen molar-refractivity contribution >= 4 is 39.2 Å². The molecule has 0 bridgehead atoms. The summed E-state index contributed by atoms with van der Waals surface area (Å²) in [5.41, 5.74) is 1.44. The molecule has 0 aliphatic heterocycles. The van der Waals surface area contributed by atoms with Gasteiger partial charge in [-0.3, -0.25) is 9.59 Å². The summed E-state index contributed by atoms with van der Waals surface area (Å²) >= 11 is 1.07. The van der Waals surface area contributed by atoms with E-state index < -0.39 is 10.0 Å². The largest absolute Gasteiger partial charge is 0.325 e. The van der Waals surface area contributed by atoms with Crippen molar-refractivity contribution in [2.45, 2.75) is 37.6 Å². The third-order valence-corrected chi connectivity index (χ3v) is 7.52. The number of anilines is 1. The van der Waals surface area contributed by atoms with Crippen LogP contribution in [0.5, 0.6) is 0 Å². The van der Waals surface area contributed by atoms with Crippen LogP contribution in [0.3, 0.4) is 0 Å². The second kappa shape index (κ2) is 10.5. The molecular formula is C21H24N4O4S2. The molecule has 0 unspecified atom stereocenters. The van der Waals surface area contributed by atoms with Crippen LogP contribution in [0.2, 0.25) is 0 Å². The molecule has 2 aromatic rings. The van der Waals surface area contributed by atoms with Gasteiger partial charge in [0.25, 0.3) is 0 Å². The normalized spacial score (nSPS) is 11.2. The number of Topliss-reactive ketones (excluding diaryl/α,β-unsaturated/α-hetero) is 1. The van der Waals surface area contributed by atoms with Crippen molar-refractivity contribution in [2.75, 3.05) is 24.2 Å². The number of thioether (sulfide) groups is 1. The van der Waals surface area contributed by atoms with Crippen molar-refractivity contribution in [3.8, 4) is 6.07 Å². The lowest BCUT2D eigenvalue weighted by atomic mass is 10.1. The number of hydrogen-bond acceptors (Lipinski definition) is 7. The summed E-state index contributed by atoms with van der Waals surface area (Å²) in [7, 11) is -3.64. The van der Waals surface area contributed by atoms with Crippen LogP contribution in [0.4, 0.5) is 5.69 Å². The number of carbonyl (C=O) groups excluding carboxylic acids is 2. The Labute approximate surface area is 186 Å². The predicted molar refractivity (Wildman–Crippen MR) is 120 cm³/mol. The highest BCUT2D eigenvalue weighted by Crippen LogP contribution is 2.24. The monoisotopic (exact) mass is 460 g/mol. The van der Waals surface area contributed by atoms with Gasteiger partial charge in [-0.1, -0.05) is 31.7 Å². The third-order valence-electron chi connectivity index (χ3n) is 4.48. The number of ketones is 1. The lowest BCUT2D eigenvalue weighted by Gasteiger charge is -2.18. The number of pyridine rings is 1. The van der Waals surface area contributed by atoms with E-state index in [0.717, 1.165) is 11.8 Å². The molecule has 0 radical (unpaired) electrons. The average Bonchev–Trinajstić information content (AvgIpc) is 2.73. The number of hydrogen-bond donors (Lipinski definition) is 1. The number of nitrogens with zero attached hydrogens (tertiary/aromatic N) is 3. The standard InChI is InChI=1S/C21H24N4O4S2/c1-5-25(6-2)31(28,29)18-9-7-8-17(11-18)24-20(27)13-30-21-16(12-22)10-19(15(4)26)14(3)23-21/h7-11H,5-6,13H2,1-4H3,(H,24,27). The molecule has 0 saturated heterocycles. The zero-order valence-electron chi connectivity index (χ0n) is 17.8. The minimum Gasteiger partial charge on any atom is -0.325 e. The summed E-state index contributed by atoms with van der Waals surface area (Å²) in [6.45, 7) is 7.30. The first-order valence-corrected chi connectivity index (χ1v) is 12.0. The summed E-state index contributed by atoms with van der Waals surface area (Å²) < 4.78 is 26.7. The third kappa shape index (κ3) is 5.91. The van der Waals surface area contributed by atoms with E-state index in [1.165, 1.54) is 29.4 Å². The molecule has 1 aromatic carbocycles. The number of aryl methyl sites for hydroxylation is 1. The average molecular weight is 461 g/mol. The Hall–Kier alpha value is -2.74. The van der Waals surface area contributed by atoms with Crippen molar-refractivity contribution < 1.29 is 18.0 Å². The van der Waals surface area contributed by atoms with Crippen molar-refractivity contribution in [1.82, 2.24) is 9.29 Å². The molecule has 0 spiro atoms. The Balaban J connectivity index is 2.14. The molecule has 10 heteroatoms. The van der Waals surface area contributed by atoms with Gasteiger partial charge in [0.2, 0.25) is 15.9 Å². The summed E-state index contributed by atoms with van der Waals surface area (Å²) in [5.74, 6) is -0.593. The second-order valence-electron chi connectivity index (χ2n) is 6.60. The highest BCUT2D eigenvalue weighted by atomic mass is 32.2. The highest BCUT2D eigenvalue weighted by Gasteiger charge is 2.22. The van der Waals surface area contributed by atoms with Crippen molar-refractivity contribution in [3.05, 3.63) is 47.2 Å². The number of carbonyl (C=O) groups is 2. The Bertz CT molecular complexity index is 1140. The Morgan fingerprint density at radius 1 is 1.23 bits per heavy atom. The van der Waals surface area contributed by atoms with Crippen molar-refractivity contribution in [2.24, 2.45) is 0 Å². The number of aromatic nitrogens is 1. The Morgan fingerprint density at radius 3 is 2.48 bits per heavy atom. The van der Waals surface area contributed by atoms with E-state index in [0.29, 0.717) is 35.1 Å².